The number of aromatic nitrogens is 1. The number of carbonyl (C=O) groups excluding carboxylic acids is 1. The van der Waals surface area contributed by atoms with Crippen molar-refractivity contribution in [1.29, 1.82) is 0 Å². The molecule has 1 aliphatic rings. The molecule has 1 amide bonds. The topological polar surface area (TPSA) is 83.7 Å². The summed E-state index contributed by atoms with van der Waals surface area (Å²) in [6, 6.07) is 9.78. The number of hydrogen-bond donors (Lipinski definition) is 2. The summed E-state index contributed by atoms with van der Waals surface area (Å²) in [5.74, 6) is -1.62. The average Bonchev–Trinajstić information content (AvgIpc) is 3.20. The number of nitrogens with two attached hydrogens (primary N) is 1. The average molecular weight is 448 g/mol. The number of rotatable bonds is 6. The number of nitrogen functional groups attached to an aromatic ring is 1. The first-order valence-electron chi connectivity index (χ1n) is 10.0. The molecule has 3 aromatic rings. The molecule has 0 spiro atoms. The zero-order valence-electron chi connectivity index (χ0n) is 16.8. The Hall–Kier alpha value is -2.98. The fourth-order valence-electron chi connectivity index (χ4n) is 3.42. The largest absolute Gasteiger partial charge is 0.449 e. The van der Waals surface area contributed by atoms with Gasteiger partial charge >= 0.3 is 6.09 Å². The Labute approximate surface area is 182 Å². The van der Waals surface area contributed by atoms with E-state index in [2.05, 4.69) is 21.2 Å². The van der Waals surface area contributed by atoms with E-state index >= 15 is 0 Å². The van der Waals surface area contributed by atoms with Gasteiger partial charge in [-0.2, -0.15) is 0 Å². The van der Waals surface area contributed by atoms with Crippen molar-refractivity contribution < 1.29 is 18.3 Å². The van der Waals surface area contributed by atoms with E-state index in [-0.39, 0.29) is 18.0 Å². The van der Waals surface area contributed by atoms with Crippen LogP contribution in [0.3, 0.4) is 0 Å². The molecule has 3 N–H and O–H groups in total. The monoisotopic (exact) mass is 447 g/mol. The van der Waals surface area contributed by atoms with Gasteiger partial charge in [0, 0.05) is 44.9 Å². The van der Waals surface area contributed by atoms with Gasteiger partial charge in [-0.25, -0.2) is 18.6 Å². The molecular formula is C21H23F2N5O2S. The number of para-hydroxylation sites is 1. The van der Waals surface area contributed by atoms with Gasteiger partial charge in [0.2, 0.25) is 0 Å². The predicted molar refractivity (Wildman–Crippen MR) is 119 cm³/mol. The van der Waals surface area contributed by atoms with Crippen molar-refractivity contribution in [1.82, 2.24) is 9.88 Å². The number of fused-ring (bicyclic) bond motifs is 1. The van der Waals surface area contributed by atoms with E-state index in [1.807, 2.05) is 18.2 Å². The molecule has 0 atom stereocenters. The summed E-state index contributed by atoms with van der Waals surface area (Å²) in [5, 5.41) is 3.24. The van der Waals surface area contributed by atoms with Gasteiger partial charge in [0.25, 0.3) is 0 Å². The molecule has 2 heterocycles. The summed E-state index contributed by atoms with van der Waals surface area (Å²) < 4.78 is 33.4. The van der Waals surface area contributed by atoms with E-state index < -0.39 is 17.7 Å². The highest BCUT2D eigenvalue weighted by atomic mass is 32.1. The Morgan fingerprint density at radius 1 is 1.16 bits per heavy atom. The van der Waals surface area contributed by atoms with Crippen LogP contribution < -0.4 is 16.0 Å². The molecule has 0 aliphatic carbocycles. The molecule has 0 radical (unpaired) electrons. The van der Waals surface area contributed by atoms with Gasteiger partial charge < -0.3 is 15.4 Å². The molecule has 10 heteroatoms. The maximum absolute atomic E-state index is 13.7. The van der Waals surface area contributed by atoms with Crippen LogP contribution >= 0.6 is 11.3 Å². The second kappa shape index (κ2) is 9.44. The second-order valence-corrected chi connectivity index (χ2v) is 8.27. The molecule has 1 saturated heterocycles. The number of ether oxygens (including phenoxy) is 1. The summed E-state index contributed by atoms with van der Waals surface area (Å²) in [4.78, 5) is 21.1. The lowest BCUT2D eigenvalue weighted by atomic mass is 10.2. The van der Waals surface area contributed by atoms with E-state index in [0.717, 1.165) is 55.5 Å². The third-order valence-electron chi connectivity index (χ3n) is 5.10. The van der Waals surface area contributed by atoms with Crippen molar-refractivity contribution >= 4 is 44.2 Å². The van der Waals surface area contributed by atoms with Gasteiger partial charge in [-0.3, -0.25) is 10.2 Å². The second-order valence-electron chi connectivity index (χ2n) is 7.26. The van der Waals surface area contributed by atoms with E-state index in [4.69, 9.17) is 15.5 Å². The molecule has 4 rings (SSSR count). The van der Waals surface area contributed by atoms with Crippen molar-refractivity contribution in [3.8, 4) is 0 Å². The lowest BCUT2D eigenvalue weighted by Crippen LogP contribution is -2.46. The molecule has 2 aromatic carbocycles. The van der Waals surface area contributed by atoms with Crippen LogP contribution in [0.5, 0.6) is 0 Å². The highest BCUT2D eigenvalue weighted by Crippen LogP contribution is 2.29. The van der Waals surface area contributed by atoms with E-state index in [1.165, 1.54) is 4.70 Å². The van der Waals surface area contributed by atoms with Crippen molar-refractivity contribution in [2.75, 3.05) is 55.3 Å². The first-order chi connectivity index (χ1) is 15.0. The first kappa shape index (κ1) is 21.3. The summed E-state index contributed by atoms with van der Waals surface area (Å²) in [6.07, 6.45) is -0.184. The first-order valence-corrected chi connectivity index (χ1v) is 10.8. The fourth-order valence-corrected chi connectivity index (χ4v) is 4.43. The minimum Gasteiger partial charge on any atom is -0.449 e. The van der Waals surface area contributed by atoms with Crippen LogP contribution in [0.2, 0.25) is 0 Å². The molecule has 164 valence electrons. The molecule has 1 aliphatic heterocycles. The third-order valence-corrected chi connectivity index (χ3v) is 6.20. The maximum Gasteiger partial charge on any atom is 0.411 e. The van der Waals surface area contributed by atoms with Crippen LogP contribution in [0.4, 0.5) is 30.1 Å². The minimum absolute atomic E-state index is 0.184. The molecule has 31 heavy (non-hydrogen) atoms. The van der Waals surface area contributed by atoms with E-state index in [0.29, 0.717) is 6.42 Å². The predicted octanol–water partition coefficient (Wildman–Crippen LogP) is 3.92. The van der Waals surface area contributed by atoms with Gasteiger partial charge in [-0.05, 0) is 18.6 Å². The van der Waals surface area contributed by atoms with Gasteiger partial charge in [0.1, 0.15) is 11.6 Å². The van der Waals surface area contributed by atoms with Crippen molar-refractivity contribution in [2.24, 2.45) is 0 Å². The van der Waals surface area contributed by atoms with Crippen LogP contribution in [-0.4, -0.2) is 55.3 Å². The van der Waals surface area contributed by atoms with Gasteiger partial charge in [-0.1, -0.05) is 23.5 Å². The van der Waals surface area contributed by atoms with Crippen molar-refractivity contribution in [3.05, 3.63) is 48.0 Å². The summed E-state index contributed by atoms with van der Waals surface area (Å²) in [7, 11) is 0. The SMILES string of the molecule is Nc1cc(F)c(NC(=O)OCCCN2CCN(c3nc4ccccc4s3)CC2)cc1F. The molecule has 0 saturated carbocycles. The summed E-state index contributed by atoms with van der Waals surface area (Å²) >= 11 is 1.71. The van der Waals surface area contributed by atoms with Crippen LogP contribution in [0, 0.1) is 11.6 Å². The van der Waals surface area contributed by atoms with Crippen LogP contribution in [-0.2, 0) is 4.74 Å². The van der Waals surface area contributed by atoms with Crippen LogP contribution in [0.25, 0.3) is 10.2 Å². The Kier molecular flexibility index (Phi) is 6.47. The smallest absolute Gasteiger partial charge is 0.411 e. The molecule has 1 aromatic heterocycles. The fraction of sp³-hybridized carbons (Fsp3) is 0.333. The lowest BCUT2D eigenvalue weighted by molar-refractivity contribution is 0.151. The van der Waals surface area contributed by atoms with Crippen molar-refractivity contribution in [2.45, 2.75) is 6.42 Å². The van der Waals surface area contributed by atoms with E-state index in [1.54, 1.807) is 11.3 Å². The number of benzene rings is 2. The molecule has 7 nitrogen and oxygen atoms in total. The standard InChI is InChI=1S/C21H23F2N5O2S/c22-14-13-18(15(23)12-16(14)24)26-21(29)30-11-3-6-27-7-9-28(10-8-27)20-25-17-4-1-2-5-19(17)31-20/h1-2,4-5,12-13H,3,6-11,24H2,(H,26,29). The Morgan fingerprint density at radius 3 is 2.71 bits per heavy atom. The molecule has 0 unspecified atom stereocenters. The zero-order valence-corrected chi connectivity index (χ0v) is 17.6. The Bertz CT molecular complexity index is 1040. The highest BCUT2D eigenvalue weighted by molar-refractivity contribution is 7.22. The number of thiazole rings is 1. The normalized spacial score (nSPS) is 14.7. The number of nitrogens with one attached hydrogen (secondary N) is 1. The van der Waals surface area contributed by atoms with Gasteiger partial charge in [0.15, 0.2) is 5.13 Å². The summed E-state index contributed by atoms with van der Waals surface area (Å²) in [6.45, 7) is 4.55. The summed E-state index contributed by atoms with van der Waals surface area (Å²) in [5.41, 5.74) is 5.69. The number of piperazine rings is 1. The maximum atomic E-state index is 13.7. The highest BCUT2D eigenvalue weighted by Gasteiger charge is 2.19. The molecular weight excluding hydrogens is 424 g/mol. The lowest BCUT2D eigenvalue weighted by Gasteiger charge is -2.34. The quantitative estimate of drug-likeness (QED) is 0.440. The van der Waals surface area contributed by atoms with Gasteiger partial charge in [-0.15, -0.1) is 0 Å². The van der Waals surface area contributed by atoms with Gasteiger partial charge in [0.05, 0.1) is 28.2 Å². The molecule has 0 bridgehead atoms. The zero-order chi connectivity index (χ0) is 21.8. The number of carbonyl (C=O) groups is 1. The number of halogens is 2. The number of nitrogens with zero attached hydrogens (tertiary/aromatic N) is 3. The van der Waals surface area contributed by atoms with Crippen LogP contribution in [0.1, 0.15) is 6.42 Å². The third kappa shape index (κ3) is 5.20. The Morgan fingerprint density at radius 2 is 1.94 bits per heavy atom. The number of amides is 1. The Balaban J connectivity index is 1.17. The number of hydrogen-bond acceptors (Lipinski definition) is 7. The van der Waals surface area contributed by atoms with Crippen molar-refractivity contribution in [3.63, 3.8) is 0 Å². The minimum atomic E-state index is -0.830. The number of anilines is 3. The van der Waals surface area contributed by atoms with E-state index in [9.17, 15) is 13.6 Å². The molecule has 1 fully saturated rings. The van der Waals surface area contributed by atoms with Crippen LogP contribution in [0.15, 0.2) is 36.4 Å².